The molecule has 5 N–H and O–H groups in total. The molecule has 79 heavy (non-hydrogen) atoms. The average molecular weight is 1080 g/mol. The van der Waals surface area contributed by atoms with E-state index in [1.807, 2.05) is 36.1 Å². The normalized spacial score (nSPS) is 17.6. The second-order valence-corrected chi connectivity index (χ2v) is 21.7. The van der Waals surface area contributed by atoms with Crippen LogP contribution in [0.5, 0.6) is 0 Å². The van der Waals surface area contributed by atoms with E-state index in [1.54, 1.807) is 64.0 Å². The maximum absolute atomic E-state index is 14.0. The molecule has 6 aromatic carbocycles. The summed E-state index contributed by atoms with van der Waals surface area (Å²) in [6.07, 6.45) is 2.45. The van der Waals surface area contributed by atoms with Crippen molar-refractivity contribution in [1.29, 1.82) is 0 Å². The molecule has 0 unspecified atom stereocenters. The summed E-state index contributed by atoms with van der Waals surface area (Å²) in [7, 11) is 3.32. The van der Waals surface area contributed by atoms with Gasteiger partial charge in [-0.2, -0.15) is 0 Å². The Labute approximate surface area is 464 Å². The van der Waals surface area contributed by atoms with Gasteiger partial charge in [0.05, 0.1) is 18.1 Å². The lowest BCUT2D eigenvalue weighted by atomic mass is 9.97. The predicted octanol–water partition coefficient (Wildman–Crippen LogP) is 7.82. The highest BCUT2D eigenvalue weighted by molar-refractivity contribution is 5.88. The lowest BCUT2D eigenvalue weighted by Crippen LogP contribution is -2.63. The molecule has 2 fully saturated rings. The molecule has 2 aliphatic heterocycles. The van der Waals surface area contributed by atoms with E-state index < -0.39 is 29.8 Å². The maximum Gasteiger partial charge on any atom is 0.408 e. The van der Waals surface area contributed by atoms with E-state index in [0.717, 1.165) is 44.8 Å². The molecule has 0 radical (unpaired) electrons. The van der Waals surface area contributed by atoms with Crippen molar-refractivity contribution in [2.45, 2.75) is 115 Å². The lowest BCUT2D eigenvalue weighted by Gasteiger charge is -2.44. The van der Waals surface area contributed by atoms with Crippen LogP contribution in [0.2, 0.25) is 0 Å². The van der Waals surface area contributed by atoms with Crippen LogP contribution in [-0.4, -0.2) is 145 Å². The van der Waals surface area contributed by atoms with Crippen LogP contribution in [0.3, 0.4) is 0 Å². The minimum absolute atomic E-state index is 0.0224. The van der Waals surface area contributed by atoms with Gasteiger partial charge >= 0.3 is 6.09 Å². The number of nitrogens with zero attached hydrogens (tertiary/aromatic N) is 4. The van der Waals surface area contributed by atoms with Crippen molar-refractivity contribution in [1.82, 2.24) is 35.6 Å². The summed E-state index contributed by atoms with van der Waals surface area (Å²) in [5.41, 5.74) is 9.28. The first kappa shape index (κ1) is 59.4. The molecular weight excluding hydrogens is 1000 g/mol. The van der Waals surface area contributed by atoms with E-state index in [1.165, 1.54) is 29.7 Å². The summed E-state index contributed by atoms with van der Waals surface area (Å²) in [5, 5.41) is 13.0. The third-order valence-corrected chi connectivity index (χ3v) is 15.0. The van der Waals surface area contributed by atoms with E-state index in [9.17, 15) is 32.8 Å². The van der Waals surface area contributed by atoms with Gasteiger partial charge in [0, 0.05) is 71.9 Å². The molecule has 0 saturated carbocycles. The number of benzene rings is 6. The standard InChI is InChI=1S/C34H43FN4O4.C29H35FN4O2/c1-6-28-22-38(30(31(40)36-5)21-24-11-14-25-9-7-8-10-26(25)19-24)17-18-39(28)32(41)29(37-33(42)43-34(2,3)4)20-23-12-15-27(35)16-13-23;1-3-25-19-33(14-15-34(25)29(36)26(31)17-20-9-12-24(30)13-10-20)27(28(35)32-2)18-21-8-11-22-6-4-5-7-23(22)16-21/h7-16,19,28-30H,6,17-18,20-22H2,1-5H3,(H,36,40)(H,37,42);4-13,16,25-27H,3,14-15,17-19,31H2,1-2H3,(H,32,35)/t28-,29+,30-;25-,26+,27-/m00/s1. The van der Waals surface area contributed by atoms with Crippen LogP contribution >= 0.6 is 0 Å². The zero-order valence-corrected chi connectivity index (χ0v) is 46.7. The topological polar surface area (TPSA) is 170 Å². The Morgan fingerprint density at radius 2 is 0.962 bits per heavy atom. The minimum Gasteiger partial charge on any atom is -0.444 e. The molecule has 0 aliphatic carbocycles. The van der Waals surface area contributed by atoms with Gasteiger partial charge in [-0.3, -0.25) is 29.0 Å². The van der Waals surface area contributed by atoms with Gasteiger partial charge in [-0.15, -0.1) is 0 Å². The van der Waals surface area contributed by atoms with Gasteiger partial charge in [-0.25, -0.2) is 13.6 Å². The second-order valence-electron chi connectivity index (χ2n) is 21.7. The van der Waals surface area contributed by atoms with Crippen LogP contribution in [0, 0.1) is 11.6 Å². The number of rotatable bonds is 17. The van der Waals surface area contributed by atoms with Crippen LogP contribution in [0.4, 0.5) is 13.6 Å². The van der Waals surface area contributed by atoms with Gasteiger partial charge in [0.2, 0.25) is 23.6 Å². The molecule has 0 spiro atoms. The highest BCUT2D eigenvalue weighted by Crippen LogP contribution is 2.25. The number of hydrogen-bond acceptors (Lipinski definition) is 9. The van der Waals surface area contributed by atoms with Crippen LogP contribution in [0.25, 0.3) is 21.5 Å². The van der Waals surface area contributed by atoms with Crippen molar-refractivity contribution >= 4 is 51.3 Å². The van der Waals surface area contributed by atoms with Crippen LogP contribution in [0.1, 0.15) is 69.7 Å². The fourth-order valence-electron chi connectivity index (χ4n) is 10.8. The van der Waals surface area contributed by atoms with Gasteiger partial charge in [0.25, 0.3) is 0 Å². The highest BCUT2D eigenvalue weighted by Gasteiger charge is 2.39. The molecule has 2 saturated heterocycles. The average Bonchev–Trinajstić information content (AvgIpc) is 3.45. The van der Waals surface area contributed by atoms with Gasteiger partial charge in [-0.05, 0) is 121 Å². The van der Waals surface area contributed by atoms with Gasteiger partial charge in [0.15, 0.2) is 0 Å². The summed E-state index contributed by atoms with van der Waals surface area (Å²) in [5.74, 6) is -1.10. The third-order valence-electron chi connectivity index (χ3n) is 15.0. The first-order chi connectivity index (χ1) is 37.9. The number of halogens is 2. The van der Waals surface area contributed by atoms with E-state index in [2.05, 4.69) is 93.3 Å². The zero-order chi connectivity index (χ0) is 56.8. The van der Waals surface area contributed by atoms with Crippen molar-refractivity contribution in [3.63, 3.8) is 0 Å². The Morgan fingerprint density at radius 3 is 1.38 bits per heavy atom. The third kappa shape index (κ3) is 16.2. The summed E-state index contributed by atoms with van der Waals surface area (Å²) in [6, 6.07) is 38.5. The van der Waals surface area contributed by atoms with Crippen LogP contribution in [0.15, 0.2) is 133 Å². The van der Waals surface area contributed by atoms with Crippen molar-refractivity contribution < 1.29 is 37.5 Å². The number of piperazine rings is 2. The number of carbonyl (C=O) groups is 5. The quantitative estimate of drug-likeness (QED) is 0.0712. The first-order valence-corrected chi connectivity index (χ1v) is 27.6. The number of carbonyl (C=O) groups excluding carboxylic acids is 5. The summed E-state index contributed by atoms with van der Waals surface area (Å²) < 4.78 is 32.2. The van der Waals surface area contributed by atoms with E-state index >= 15 is 0 Å². The minimum atomic E-state index is -0.895. The molecule has 420 valence electrons. The fourth-order valence-corrected chi connectivity index (χ4v) is 10.8. The molecular formula is C63H78F2N8O6. The van der Waals surface area contributed by atoms with Gasteiger partial charge in [-0.1, -0.05) is 123 Å². The van der Waals surface area contributed by atoms with E-state index in [4.69, 9.17) is 10.5 Å². The van der Waals surface area contributed by atoms with Crippen molar-refractivity contribution in [3.05, 3.63) is 167 Å². The number of ether oxygens (including phenoxy) is 1. The Hall–Kier alpha value is -7.27. The molecule has 16 heteroatoms. The Kier molecular flexibility index (Phi) is 20.7. The first-order valence-electron chi connectivity index (χ1n) is 27.6. The molecule has 8 rings (SSSR count). The molecule has 6 aromatic rings. The molecule has 2 heterocycles. The van der Waals surface area contributed by atoms with Gasteiger partial charge in [0.1, 0.15) is 23.3 Å². The molecule has 2 aliphatic rings. The summed E-state index contributed by atoms with van der Waals surface area (Å²) in [4.78, 5) is 74.1. The van der Waals surface area contributed by atoms with Crippen LogP contribution < -0.4 is 21.7 Å². The smallest absolute Gasteiger partial charge is 0.408 e. The number of amides is 5. The Morgan fingerprint density at radius 1 is 0.557 bits per heavy atom. The molecule has 5 amide bonds. The Balaban J connectivity index is 0.000000232. The highest BCUT2D eigenvalue weighted by atomic mass is 19.1. The van der Waals surface area contributed by atoms with Crippen molar-refractivity contribution in [2.75, 3.05) is 53.4 Å². The number of alkyl carbamates (subject to hydrolysis) is 1. The van der Waals surface area contributed by atoms with E-state index in [-0.39, 0.29) is 59.8 Å². The fraction of sp³-hybridized carbons (Fsp3) is 0.413. The number of fused-ring (bicyclic) bond motifs is 2. The molecule has 0 aromatic heterocycles. The van der Waals surface area contributed by atoms with E-state index in [0.29, 0.717) is 65.0 Å². The largest absolute Gasteiger partial charge is 0.444 e. The summed E-state index contributed by atoms with van der Waals surface area (Å²) >= 11 is 0. The predicted molar refractivity (Wildman–Crippen MR) is 307 cm³/mol. The molecule has 0 bridgehead atoms. The maximum atomic E-state index is 14.0. The molecule has 6 atom stereocenters. The lowest BCUT2D eigenvalue weighted by molar-refractivity contribution is -0.141. The second kappa shape index (κ2) is 27.5. The van der Waals surface area contributed by atoms with Crippen LogP contribution in [-0.2, 0) is 49.6 Å². The summed E-state index contributed by atoms with van der Waals surface area (Å²) in [6.45, 7) is 12.5. The molecule has 14 nitrogen and oxygen atoms in total. The number of likely N-dealkylation sites (N-methyl/N-ethyl adjacent to an activating group) is 2. The van der Waals surface area contributed by atoms with Crippen molar-refractivity contribution in [2.24, 2.45) is 5.73 Å². The monoisotopic (exact) mass is 1080 g/mol. The SMILES string of the molecule is CC[C@H]1CN([C@@H](Cc2ccc3ccccc3c2)C(=O)NC)CCN1C(=O)[C@@H](Cc1ccc(F)cc1)NC(=O)OC(C)(C)C.CC[C@H]1CN([C@@H](Cc2ccc3ccccc3c2)C(=O)NC)CCN1C(=O)[C@H](N)Cc1ccc(F)cc1. The van der Waals surface area contributed by atoms with Crippen molar-refractivity contribution in [3.8, 4) is 0 Å². The van der Waals surface area contributed by atoms with Gasteiger partial charge < -0.3 is 36.2 Å². The Bertz CT molecular complexity index is 3030. The number of nitrogens with one attached hydrogen (secondary N) is 3. The zero-order valence-electron chi connectivity index (χ0n) is 46.7. The number of nitrogens with two attached hydrogens (primary N) is 1. The number of hydrogen-bond donors (Lipinski definition) is 4.